The van der Waals surface area contributed by atoms with Crippen molar-refractivity contribution in [3.05, 3.63) is 39.8 Å². The Kier molecular flexibility index (Phi) is 6.69. The van der Waals surface area contributed by atoms with E-state index in [4.69, 9.17) is 35.7 Å². The van der Waals surface area contributed by atoms with E-state index < -0.39 is 5.76 Å². The second-order valence-electron chi connectivity index (χ2n) is 10.7. The number of aromatic amines is 1. The Bertz CT molecular complexity index is 1500. The fourth-order valence-electron chi connectivity index (χ4n) is 5.84. The van der Waals surface area contributed by atoms with Crippen LogP contribution in [0.15, 0.2) is 33.5 Å². The molecule has 6 rings (SSSR count). The van der Waals surface area contributed by atoms with Crippen LogP contribution in [0.25, 0.3) is 34.1 Å². The van der Waals surface area contributed by atoms with Crippen LogP contribution in [0.3, 0.4) is 0 Å². The Morgan fingerprint density at radius 3 is 2.66 bits per heavy atom. The second kappa shape index (κ2) is 10.1. The number of H-pyrrole nitrogens is 1. The van der Waals surface area contributed by atoms with Crippen molar-refractivity contribution >= 4 is 28.7 Å². The summed E-state index contributed by atoms with van der Waals surface area (Å²) in [5.41, 5.74) is 2.87. The van der Waals surface area contributed by atoms with Crippen molar-refractivity contribution in [1.29, 1.82) is 0 Å². The van der Waals surface area contributed by atoms with Gasteiger partial charge in [-0.3, -0.25) is 0 Å². The van der Waals surface area contributed by atoms with Crippen molar-refractivity contribution in [3.8, 4) is 23.0 Å². The highest BCUT2D eigenvalue weighted by atomic mass is 35.5. The van der Waals surface area contributed by atoms with Gasteiger partial charge in [0.05, 0.1) is 19.3 Å². The number of benzene rings is 1. The largest absolute Gasteiger partial charge is 0.434 e. The molecule has 1 aliphatic carbocycles. The van der Waals surface area contributed by atoms with Crippen molar-refractivity contribution in [2.75, 3.05) is 24.7 Å². The molecule has 0 radical (unpaired) electrons. The molecule has 2 fully saturated rings. The summed E-state index contributed by atoms with van der Waals surface area (Å²) in [4.78, 5) is 28.8. The van der Waals surface area contributed by atoms with Gasteiger partial charge in [0.15, 0.2) is 5.65 Å². The normalized spacial score (nSPS) is 23.2. The summed E-state index contributed by atoms with van der Waals surface area (Å²) in [6, 6.07) is 7.92. The minimum atomic E-state index is -0.665. The lowest BCUT2D eigenvalue weighted by atomic mass is 9.79. The van der Waals surface area contributed by atoms with Crippen LogP contribution in [-0.2, 0) is 4.74 Å². The molecule has 1 N–H and O–H groups in total. The number of imidazole rings is 1. The number of nitrogens with zero attached hydrogens (tertiary/aromatic N) is 6. The monoisotopic (exact) mass is 537 g/mol. The highest BCUT2D eigenvalue weighted by Crippen LogP contribution is 2.41. The number of fused-ring (bicyclic) bond motifs is 1. The Labute approximate surface area is 225 Å². The zero-order valence-electron chi connectivity index (χ0n) is 21.9. The molecule has 200 valence electrons. The topological polar surface area (TPSA) is 115 Å². The second-order valence-corrected chi connectivity index (χ2v) is 11.1. The number of anilines is 1. The van der Waals surface area contributed by atoms with Crippen LogP contribution in [0.4, 0.5) is 5.95 Å². The summed E-state index contributed by atoms with van der Waals surface area (Å²) in [6.45, 7) is 8.80. The third-order valence-corrected chi connectivity index (χ3v) is 8.26. The van der Waals surface area contributed by atoms with Crippen LogP contribution in [0.5, 0.6) is 0 Å². The maximum absolute atomic E-state index is 11.7. The van der Waals surface area contributed by atoms with E-state index in [9.17, 15) is 4.79 Å². The number of aromatic nitrogens is 6. The van der Waals surface area contributed by atoms with E-state index in [1.807, 2.05) is 24.3 Å². The highest BCUT2D eigenvalue weighted by Gasteiger charge is 2.33. The summed E-state index contributed by atoms with van der Waals surface area (Å²) in [5, 5.41) is 6.88. The maximum Gasteiger partial charge on any atom is 0.434 e. The molecule has 1 saturated heterocycles. The molecule has 2 atom stereocenters. The van der Waals surface area contributed by atoms with Gasteiger partial charge in [-0.25, -0.2) is 19.9 Å². The van der Waals surface area contributed by atoms with E-state index in [1.165, 1.54) is 25.7 Å². The van der Waals surface area contributed by atoms with Crippen molar-refractivity contribution in [1.82, 2.24) is 29.7 Å². The van der Waals surface area contributed by atoms with E-state index in [1.54, 1.807) is 0 Å². The summed E-state index contributed by atoms with van der Waals surface area (Å²) >= 11 is 6.42. The van der Waals surface area contributed by atoms with Gasteiger partial charge in [-0.2, -0.15) is 4.98 Å². The number of halogens is 1. The lowest BCUT2D eigenvalue weighted by molar-refractivity contribution is 0.0972. The standard InChI is InChI=1S/C27H32ClN7O3/c1-15-7-9-18(10-8-15)17(3)35-22-21(19-5-4-6-20(28)13-19)29-24(25-32-33-27(36)38-25)30-23(22)31-26(35)34-11-12-37-14-16(34)2/h4-6,13,15-18H,7-12,14H2,1-3H3,(H,33,36)/t15-,16-,17?,18-/m1/s1. The van der Waals surface area contributed by atoms with E-state index in [-0.39, 0.29) is 23.8 Å². The first kappa shape index (κ1) is 25.1. The maximum atomic E-state index is 11.7. The summed E-state index contributed by atoms with van der Waals surface area (Å²) in [7, 11) is 0. The fourth-order valence-corrected chi connectivity index (χ4v) is 6.03. The van der Waals surface area contributed by atoms with Crippen LogP contribution < -0.4 is 10.7 Å². The molecule has 0 bridgehead atoms. The average molecular weight is 538 g/mol. The molecular weight excluding hydrogens is 506 g/mol. The van der Waals surface area contributed by atoms with Gasteiger partial charge in [-0.15, -0.1) is 5.10 Å². The lowest BCUT2D eigenvalue weighted by Gasteiger charge is -2.37. The summed E-state index contributed by atoms with van der Waals surface area (Å²) in [6.07, 6.45) is 4.80. The number of morpholine rings is 1. The lowest BCUT2D eigenvalue weighted by Crippen LogP contribution is -2.45. The molecular formula is C27H32ClN7O3. The van der Waals surface area contributed by atoms with E-state index in [2.05, 4.69) is 40.4 Å². The van der Waals surface area contributed by atoms with Crippen molar-refractivity contribution in [2.24, 2.45) is 11.8 Å². The van der Waals surface area contributed by atoms with Gasteiger partial charge in [-0.1, -0.05) is 43.5 Å². The molecule has 0 amide bonds. The fraction of sp³-hybridized carbons (Fsp3) is 0.519. The van der Waals surface area contributed by atoms with Crippen molar-refractivity contribution in [3.63, 3.8) is 0 Å². The highest BCUT2D eigenvalue weighted by molar-refractivity contribution is 6.30. The van der Waals surface area contributed by atoms with Crippen molar-refractivity contribution < 1.29 is 9.15 Å². The van der Waals surface area contributed by atoms with E-state index >= 15 is 0 Å². The van der Waals surface area contributed by atoms with E-state index in [0.717, 1.165) is 29.5 Å². The molecule has 1 aromatic carbocycles. The predicted octanol–water partition coefficient (Wildman–Crippen LogP) is 5.10. The number of ether oxygens (including phenoxy) is 1. The smallest absolute Gasteiger partial charge is 0.384 e. The molecule has 0 spiro atoms. The van der Waals surface area contributed by atoms with Crippen LogP contribution in [-0.4, -0.2) is 55.5 Å². The quantitative estimate of drug-likeness (QED) is 0.374. The molecule has 1 aliphatic heterocycles. The molecule has 10 nitrogen and oxygen atoms in total. The zero-order chi connectivity index (χ0) is 26.4. The number of hydrogen-bond donors (Lipinski definition) is 1. The minimum Gasteiger partial charge on any atom is -0.384 e. The van der Waals surface area contributed by atoms with Gasteiger partial charge in [-0.05, 0) is 50.7 Å². The Hall–Kier alpha value is -3.24. The average Bonchev–Trinajstić information content (AvgIpc) is 3.52. The minimum absolute atomic E-state index is 0.0188. The molecule has 4 aromatic rings. The van der Waals surface area contributed by atoms with E-state index in [0.29, 0.717) is 35.5 Å². The predicted molar refractivity (Wildman–Crippen MR) is 145 cm³/mol. The molecule has 1 saturated carbocycles. The van der Waals surface area contributed by atoms with Gasteiger partial charge in [0.2, 0.25) is 11.8 Å². The van der Waals surface area contributed by atoms with Crippen LogP contribution >= 0.6 is 11.6 Å². The molecule has 1 unspecified atom stereocenters. The van der Waals surface area contributed by atoms with Crippen LogP contribution in [0.1, 0.15) is 52.5 Å². The summed E-state index contributed by atoms with van der Waals surface area (Å²) in [5.74, 6) is 1.67. The van der Waals surface area contributed by atoms with Gasteiger partial charge in [0.25, 0.3) is 5.89 Å². The van der Waals surface area contributed by atoms with Crippen molar-refractivity contribution in [2.45, 2.75) is 58.5 Å². The first-order chi connectivity index (χ1) is 18.4. The van der Waals surface area contributed by atoms with Crippen LogP contribution in [0, 0.1) is 11.8 Å². The SMILES string of the molecule is CC([C@H]1CC[C@H](C)CC1)n1c(N2CCOC[C@H]2C)nc2nc(-c3n[nH]c(=O)o3)nc(-c3cccc(Cl)c3)c21. The first-order valence-corrected chi connectivity index (χ1v) is 13.7. The number of hydrogen-bond acceptors (Lipinski definition) is 8. The van der Waals surface area contributed by atoms with Crippen LogP contribution in [0.2, 0.25) is 5.02 Å². The number of rotatable bonds is 5. The Morgan fingerprint density at radius 1 is 1.13 bits per heavy atom. The molecule has 3 aromatic heterocycles. The number of nitrogens with one attached hydrogen (secondary N) is 1. The first-order valence-electron chi connectivity index (χ1n) is 13.3. The summed E-state index contributed by atoms with van der Waals surface area (Å²) < 4.78 is 13.3. The van der Waals surface area contributed by atoms with Gasteiger partial charge >= 0.3 is 5.76 Å². The Morgan fingerprint density at radius 2 is 1.95 bits per heavy atom. The third-order valence-electron chi connectivity index (χ3n) is 8.03. The molecule has 38 heavy (non-hydrogen) atoms. The van der Waals surface area contributed by atoms with Gasteiger partial charge < -0.3 is 18.6 Å². The van der Waals surface area contributed by atoms with Gasteiger partial charge in [0, 0.05) is 23.2 Å². The molecule has 4 heterocycles. The molecule has 11 heteroatoms. The molecule has 2 aliphatic rings. The third kappa shape index (κ3) is 4.60. The van der Waals surface area contributed by atoms with Gasteiger partial charge in [0.1, 0.15) is 11.2 Å². The zero-order valence-corrected chi connectivity index (χ0v) is 22.6. The Balaban J connectivity index is 1.61.